The number of allylic oxidation sites excluding steroid dienone is 2. The highest BCUT2D eigenvalue weighted by Gasteiger charge is 2.15. The number of nitrogens with one attached hydrogen (secondary N) is 1. The molecule has 2 aromatic carbocycles. The molecule has 0 saturated heterocycles. The Kier molecular flexibility index (Phi) is 4.94. The predicted molar refractivity (Wildman–Crippen MR) is 95.0 cm³/mol. The SMILES string of the molecule is O=C(/C=C/C1=C(Cl)c2ccccc2CC1)NCc1ccccc1. The number of aryl methyl sites for hydroxylation is 1. The molecular weight excluding hydrogens is 306 g/mol. The lowest BCUT2D eigenvalue weighted by Crippen LogP contribution is -2.20. The van der Waals surface area contributed by atoms with Crippen LogP contribution < -0.4 is 5.32 Å². The van der Waals surface area contributed by atoms with Crippen molar-refractivity contribution in [3.63, 3.8) is 0 Å². The standard InChI is InChI=1S/C20H18ClNO/c21-20-17(11-10-16-8-4-5-9-18(16)20)12-13-19(23)22-14-15-6-2-1-3-7-15/h1-9,12-13H,10-11,14H2,(H,22,23)/b13-12+. The van der Waals surface area contributed by atoms with Crippen LogP contribution >= 0.6 is 11.6 Å². The summed E-state index contributed by atoms with van der Waals surface area (Å²) in [6.07, 6.45) is 5.21. The number of fused-ring (bicyclic) bond motifs is 1. The van der Waals surface area contributed by atoms with E-state index in [0.29, 0.717) is 6.54 Å². The molecule has 1 N–H and O–H groups in total. The number of hydrogen-bond acceptors (Lipinski definition) is 1. The van der Waals surface area contributed by atoms with Gasteiger partial charge in [-0.05, 0) is 35.1 Å². The molecule has 0 radical (unpaired) electrons. The van der Waals surface area contributed by atoms with Gasteiger partial charge in [0.1, 0.15) is 0 Å². The van der Waals surface area contributed by atoms with Crippen LogP contribution in [0.1, 0.15) is 23.1 Å². The zero-order valence-corrected chi connectivity index (χ0v) is 13.5. The van der Waals surface area contributed by atoms with Crippen LogP contribution in [0.15, 0.2) is 72.3 Å². The van der Waals surface area contributed by atoms with E-state index in [9.17, 15) is 4.79 Å². The zero-order valence-electron chi connectivity index (χ0n) is 12.8. The van der Waals surface area contributed by atoms with Crippen LogP contribution in [-0.2, 0) is 17.8 Å². The van der Waals surface area contributed by atoms with Crippen LogP contribution in [0.4, 0.5) is 0 Å². The number of benzene rings is 2. The topological polar surface area (TPSA) is 29.1 Å². The number of hydrogen-bond donors (Lipinski definition) is 1. The fraction of sp³-hybridized carbons (Fsp3) is 0.150. The Balaban J connectivity index is 1.65. The summed E-state index contributed by atoms with van der Waals surface area (Å²) in [6, 6.07) is 18.0. The Morgan fingerprint density at radius 2 is 1.78 bits per heavy atom. The molecule has 0 heterocycles. The highest BCUT2D eigenvalue weighted by molar-refractivity contribution is 6.49. The van der Waals surface area contributed by atoms with Gasteiger partial charge in [-0.15, -0.1) is 0 Å². The minimum Gasteiger partial charge on any atom is -0.348 e. The molecule has 116 valence electrons. The molecular formula is C20H18ClNO. The van der Waals surface area contributed by atoms with Crippen molar-refractivity contribution in [2.24, 2.45) is 0 Å². The summed E-state index contributed by atoms with van der Waals surface area (Å²) in [5, 5.41) is 3.63. The molecule has 1 aliphatic rings. The lowest BCUT2D eigenvalue weighted by atomic mass is 9.92. The second kappa shape index (κ2) is 7.30. The van der Waals surface area contributed by atoms with Gasteiger partial charge in [0.05, 0.1) is 5.03 Å². The van der Waals surface area contributed by atoms with Crippen molar-refractivity contribution in [1.29, 1.82) is 0 Å². The molecule has 1 aliphatic carbocycles. The van der Waals surface area contributed by atoms with Gasteiger partial charge in [0.25, 0.3) is 0 Å². The Morgan fingerprint density at radius 3 is 2.61 bits per heavy atom. The Bertz CT molecular complexity index is 762. The molecule has 0 atom stereocenters. The third-order valence-electron chi connectivity index (χ3n) is 3.94. The fourth-order valence-electron chi connectivity index (χ4n) is 2.68. The molecule has 1 amide bonds. The highest BCUT2D eigenvalue weighted by Crippen LogP contribution is 2.34. The van der Waals surface area contributed by atoms with Gasteiger partial charge in [-0.1, -0.05) is 72.3 Å². The summed E-state index contributed by atoms with van der Waals surface area (Å²) in [6.45, 7) is 0.527. The van der Waals surface area contributed by atoms with Gasteiger partial charge in [-0.2, -0.15) is 0 Å². The Morgan fingerprint density at radius 1 is 1.04 bits per heavy atom. The number of carbonyl (C=O) groups excluding carboxylic acids is 1. The van der Waals surface area contributed by atoms with Crippen LogP contribution in [0, 0.1) is 0 Å². The van der Waals surface area contributed by atoms with Gasteiger partial charge < -0.3 is 5.32 Å². The molecule has 3 rings (SSSR count). The molecule has 2 nitrogen and oxygen atoms in total. The van der Waals surface area contributed by atoms with Crippen LogP contribution in [0.5, 0.6) is 0 Å². The fourth-order valence-corrected chi connectivity index (χ4v) is 3.02. The lowest BCUT2D eigenvalue weighted by molar-refractivity contribution is -0.116. The highest BCUT2D eigenvalue weighted by atomic mass is 35.5. The largest absolute Gasteiger partial charge is 0.348 e. The van der Waals surface area contributed by atoms with Crippen molar-refractivity contribution >= 4 is 22.5 Å². The van der Waals surface area contributed by atoms with Gasteiger partial charge in [-0.25, -0.2) is 0 Å². The average Bonchev–Trinajstić information content (AvgIpc) is 2.60. The summed E-state index contributed by atoms with van der Waals surface area (Å²) >= 11 is 6.47. The first-order valence-electron chi connectivity index (χ1n) is 7.71. The van der Waals surface area contributed by atoms with Gasteiger partial charge in [-0.3, -0.25) is 4.79 Å². The summed E-state index contributed by atoms with van der Waals surface area (Å²) in [5.74, 6) is -0.107. The molecule has 0 aliphatic heterocycles. The van der Waals surface area contributed by atoms with Gasteiger partial charge in [0.15, 0.2) is 0 Å². The molecule has 2 aromatic rings. The third-order valence-corrected chi connectivity index (χ3v) is 4.39. The van der Waals surface area contributed by atoms with Crippen molar-refractivity contribution in [1.82, 2.24) is 5.32 Å². The molecule has 0 aromatic heterocycles. The number of halogens is 1. The van der Waals surface area contributed by atoms with Gasteiger partial charge in [0.2, 0.25) is 5.91 Å². The number of amides is 1. The number of rotatable bonds is 4. The Hall–Kier alpha value is -2.32. The normalized spacial score (nSPS) is 14.0. The first-order valence-corrected chi connectivity index (χ1v) is 8.08. The monoisotopic (exact) mass is 323 g/mol. The lowest BCUT2D eigenvalue weighted by Gasteiger charge is -2.17. The molecule has 0 unspecified atom stereocenters. The second-order valence-corrected chi connectivity index (χ2v) is 5.91. The van der Waals surface area contributed by atoms with Gasteiger partial charge >= 0.3 is 0 Å². The smallest absolute Gasteiger partial charge is 0.244 e. The molecule has 0 fully saturated rings. The third kappa shape index (κ3) is 3.91. The summed E-state index contributed by atoms with van der Waals surface area (Å²) < 4.78 is 0. The van der Waals surface area contributed by atoms with Crippen LogP contribution in [0.2, 0.25) is 0 Å². The van der Waals surface area contributed by atoms with Crippen LogP contribution in [0.3, 0.4) is 0 Å². The van der Waals surface area contributed by atoms with Gasteiger partial charge in [0, 0.05) is 12.6 Å². The van der Waals surface area contributed by atoms with Crippen molar-refractivity contribution in [3.8, 4) is 0 Å². The maximum atomic E-state index is 11.9. The van der Waals surface area contributed by atoms with Crippen molar-refractivity contribution < 1.29 is 4.79 Å². The van der Waals surface area contributed by atoms with E-state index >= 15 is 0 Å². The first-order chi connectivity index (χ1) is 11.2. The summed E-state index contributed by atoms with van der Waals surface area (Å²) in [5.41, 5.74) is 4.44. The van der Waals surface area contributed by atoms with Crippen LogP contribution in [-0.4, -0.2) is 5.91 Å². The second-order valence-electron chi connectivity index (χ2n) is 5.53. The maximum Gasteiger partial charge on any atom is 0.244 e. The van der Waals surface area contributed by atoms with Crippen molar-refractivity contribution in [2.45, 2.75) is 19.4 Å². The van der Waals surface area contributed by atoms with E-state index in [1.807, 2.05) is 54.6 Å². The zero-order chi connectivity index (χ0) is 16.1. The Labute approximate surface area is 141 Å². The van der Waals surface area contributed by atoms with Crippen molar-refractivity contribution in [2.75, 3.05) is 0 Å². The molecule has 0 spiro atoms. The molecule has 0 bridgehead atoms. The van der Waals surface area contributed by atoms with E-state index in [2.05, 4.69) is 11.4 Å². The first kappa shape index (κ1) is 15.6. The quantitative estimate of drug-likeness (QED) is 0.827. The van der Waals surface area contributed by atoms with E-state index in [4.69, 9.17) is 11.6 Å². The number of carbonyl (C=O) groups is 1. The molecule has 0 saturated carbocycles. The minimum atomic E-state index is -0.107. The molecule has 23 heavy (non-hydrogen) atoms. The molecule has 3 heteroatoms. The average molecular weight is 324 g/mol. The van der Waals surface area contributed by atoms with Crippen LogP contribution in [0.25, 0.3) is 5.03 Å². The van der Waals surface area contributed by atoms with Crippen molar-refractivity contribution in [3.05, 3.63) is 89.0 Å². The maximum absolute atomic E-state index is 11.9. The van der Waals surface area contributed by atoms with E-state index in [1.165, 1.54) is 5.56 Å². The van der Waals surface area contributed by atoms with E-state index in [-0.39, 0.29) is 5.91 Å². The predicted octanol–water partition coefficient (Wildman–Crippen LogP) is 4.46. The minimum absolute atomic E-state index is 0.107. The van der Waals surface area contributed by atoms with E-state index < -0.39 is 0 Å². The van der Waals surface area contributed by atoms with E-state index in [0.717, 1.165) is 34.6 Å². The summed E-state index contributed by atoms with van der Waals surface area (Å²) in [4.78, 5) is 11.9. The van der Waals surface area contributed by atoms with E-state index in [1.54, 1.807) is 6.08 Å². The summed E-state index contributed by atoms with van der Waals surface area (Å²) in [7, 11) is 0.